The highest BCUT2D eigenvalue weighted by atomic mass is 32.2. The molecular formula is C18H23N3O5S2. The number of amides is 1. The van der Waals surface area contributed by atoms with Gasteiger partial charge in [0.2, 0.25) is 10.0 Å². The number of carbonyl (C=O) groups excluding carboxylic acids is 1. The minimum Gasteiger partial charge on any atom is -0.496 e. The van der Waals surface area contributed by atoms with Crippen LogP contribution in [0.3, 0.4) is 0 Å². The van der Waals surface area contributed by atoms with E-state index in [1.54, 1.807) is 12.5 Å². The third-order valence-electron chi connectivity index (χ3n) is 4.63. The summed E-state index contributed by atoms with van der Waals surface area (Å²) in [4.78, 5) is 13.8. The van der Waals surface area contributed by atoms with E-state index >= 15 is 0 Å². The first-order chi connectivity index (χ1) is 13.4. The van der Waals surface area contributed by atoms with Gasteiger partial charge >= 0.3 is 0 Å². The number of hydrogen-bond acceptors (Lipinski definition) is 7. The van der Waals surface area contributed by atoms with Gasteiger partial charge in [0.1, 0.15) is 5.75 Å². The number of nitrogens with zero attached hydrogens (tertiary/aromatic N) is 1. The van der Waals surface area contributed by atoms with Gasteiger partial charge in [0.05, 0.1) is 36.1 Å². The van der Waals surface area contributed by atoms with Crippen LogP contribution >= 0.6 is 11.8 Å². The number of carbonyl (C=O) groups is 1. The molecule has 0 radical (unpaired) electrons. The van der Waals surface area contributed by atoms with E-state index in [1.165, 1.54) is 25.3 Å². The summed E-state index contributed by atoms with van der Waals surface area (Å²) in [5.74, 6) is 1.48. The van der Waals surface area contributed by atoms with Crippen LogP contribution in [0.25, 0.3) is 0 Å². The lowest BCUT2D eigenvalue weighted by Crippen LogP contribution is -2.41. The molecule has 1 fully saturated rings. The van der Waals surface area contributed by atoms with Crippen molar-refractivity contribution in [3.05, 3.63) is 47.9 Å². The Bertz CT molecular complexity index is 909. The molecule has 8 nitrogen and oxygen atoms in total. The van der Waals surface area contributed by atoms with Crippen molar-refractivity contribution in [3.63, 3.8) is 0 Å². The number of nitrogens with two attached hydrogens (primary N) is 1. The maximum atomic E-state index is 12.8. The fourth-order valence-electron chi connectivity index (χ4n) is 3.13. The van der Waals surface area contributed by atoms with Crippen LogP contribution in [-0.2, 0) is 10.0 Å². The van der Waals surface area contributed by atoms with E-state index in [0.29, 0.717) is 0 Å². The van der Waals surface area contributed by atoms with E-state index in [2.05, 4.69) is 9.62 Å². The predicted octanol–water partition coefficient (Wildman–Crippen LogP) is 1.46. The average molecular weight is 426 g/mol. The molecule has 1 saturated heterocycles. The Morgan fingerprint density at radius 3 is 2.71 bits per heavy atom. The Labute approximate surface area is 168 Å². The third-order valence-corrected chi connectivity index (χ3v) is 6.99. The monoisotopic (exact) mass is 425 g/mol. The maximum Gasteiger partial charge on any atom is 0.252 e. The molecule has 2 aromatic rings. The third kappa shape index (κ3) is 4.69. The molecule has 1 atom stereocenters. The largest absolute Gasteiger partial charge is 0.496 e. The standard InChI is InChI=1S/C18H23N3O5S2/c1-25-17-3-2-14(10-15(17)18(19)22)28(23,24)20-11-16(13-4-7-26-12-13)21-5-8-27-9-6-21/h2-4,7,10,12,16,20H,5-6,8-9,11H2,1H3,(H2,19,22). The molecular weight excluding hydrogens is 402 g/mol. The van der Waals surface area contributed by atoms with Crippen LogP contribution in [0.2, 0.25) is 0 Å². The van der Waals surface area contributed by atoms with Crippen LogP contribution in [0.5, 0.6) is 5.75 Å². The first-order valence-electron chi connectivity index (χ1n) is 8.74. The summed E-state index contributed by atoms with van der Waals surface area (Å²) >= 11 is 1.88. The summed E-state index contributed by atoms with van der Waals surface area (Å²) in [5, 5.41) is 0. The van der Waals surface area contributed by atoms with Gasteiger partial charge in [-0.2, -0.15) is 11.8 Å². The van der Waals surface area contributed by atoms with E-state index in [9.17, 15) is 13.2 Å². The number of thioether (sulfide) groups is 1. The highest BCUT2D eigenvalue weighted by Crippen LogP contribution is 2.26. The number of benzene rings is 1. The normalized spacial score (nSPS) is 16.6. The van der Waals surface area contributed by atoms with Crippen LogP contribution in [-0.4, -0.2) is 57.5 Å². The summed E-state index contributed by atoms with van der Waals surface area (Å²) in [6, 6.07) is 5.75. The first-order valence-corrected chi connectivity index (χ1v) is 11.4. The molecule has 3 N–H and O–H groups in total. The smallest absolute Gasteiger partial charge is 0.252 e. The van der Waals surface area contributed by atoms with Gasteiger partial charge in [-0.25, -0.2) is 13.1 Å². The fraction of sp³-hybridized carbons (Fsp3) is 0.389. The molecule has 0 aliphatic carbocycles. The van der Waals surface area contributed by atoms with Crippen molar-refractivity contribution < 1.29 is 22.4 Å². The van der Waals surface area contributed by atoms with Gasteiger partial charge in [-0.3, -0.25) is 9.69 Å². The van der Waals surface area contributed by atoms with Gasteiger partial charge in [-0.1, -0.05) is 0 Å². The zero-order chi connectivity index (χ0) is 20.1. The zero-order valence-corrected chi connectivity index (χ0v) is 17.1. The summed E-state index contributed by atoms with van der Waals surface area (Å²) in [6.07, 6.45) is 3.22. The number of methoxy groups -OCH3 is 1. The molecule has 1 amide bonds. The molecule has 1 aliphatic heterocycles. The van der Waals surface area contributed by atoms with Crippen LogP contribution < -0.4 is 15.2 Å². The Hall–Kier alpha value is -2.01. The maximum absolute atomic E-state index is 12.8. The predicted molar refractivity (Wildman–Crippen MR) is 107 cm³/mol. The molecule has 3 rings (SSSR count). The molecule has 1 unspecified atom stereocenters. The summed E-state index contributed by atoms with van der Waals surface area (Å²) < 4.78 is 38.5. The molecule has 0 saturated carbocycles. The fourth-order valence-corrected chi connectivity index (χ4v) is 5.13. The summed E-state index contributed by atoms with van der Waals surface area (Å²) in [7, 11) is -2.45. The Morgan fingerprint density at radius 2 is 2.11 bits per heavy atom. The number of ether oxygens (including phenoxy) is 1. The van der Waals surface area contributed by atoms with Crippen molar-refractivity contribution in [1.82, 2.24) is 9.62 Å². The van der Waals surface area contributed by atoms with Gasteiger partial charge in [0.15, 0.2) is 0 Å². The molecule has 10 heteroatoms. The number of sulfonamides is 1. The van der Waals surface area contributed by atoms with E-state index < -0.39 is 15.9 Å². The molecule has 1 aliphatic rings. The average Bonchev–Trinajstić information content (AvgIpc) is 3.22. The van der Waals surface area contributed by atoms with Crippen LogP contribution in [0.1, 0.15) is 22.0 Å². The van der Waals surface area contributed by atoms with E-state index in [4.69, 9.17) is 14.9 Å². The van der Waals surface area contributed by atoms with Crippen LogP contribution in [0.15, 0.2) is 46.1 Å². The van der Waals surface area contributed by atoms with Crippen LogP contribution in [0, 0.1) is 0 Å². The molecule has 2 heterocycles. The lowest BCUT2D eigenvalue weighted by atomic mass is 10.1. The lowest BCUT2D eigenvalue weighted by molar-refractivity contribution is 0.0997. The van der Waals surface area contributed by atoms with Gasteiger partial charge in [0, 0.05) is 36.7 Å². The molecule has 28 heavy (non-hydrogen) atoms. The quantitative estimate of drug-likeness (QED) is 0.658. The SMILES string of the molecule is COc1ccc(S(=O)(=O)NCC(c2ccoc2)N2CCSCC2)cc1C(N)=O. The van der Waals surface area contributed by atoms with Crippen molar-refractivity contribution in [3.8, 4) is 5.75 Å². The second-order valence-corrected chi connectivity index (χ2v) is 9.29. The Kier molecular flexibility index (Phi) is 6.65. The van der Waals surface area contributed by atoms with Crippen molar-refractivity contribution in [2.75, 3.05) is 38.2 Å². The summed E-state index contributed by atoms with van der Waals surface area (Å²) in [5.41, 5.74) is 6.27. The van der Waals surface area contributed by atoms with E-state index in [1.807, 2.05) is 17.8 Å². The highest BCUT2D eigenvalue weighted by molar-refractivity contribution is 7.99. The van der Waals surface area contributed by atoms with Gasteiger partial charge in [0.25, 0.3) is 5.91 Å². The van der Waals surface area contributed by atoms with Gasteiger partial charge < -0.3 is 14.9 Å². The van der Waals surface area contributed by atoms with Crippen molar-refractivity contribution in [1.29, 1.82) is 0 Å². The number of hydrogen-bond donors (Lipinski definition) is 2. The van der Waals surface area contributed by atoms with Crippen molar-refractivity contribution >= 4 is 27.7 Å². The molecule has 152 valence electrons. The number of rotatable bonds is 8. The highest BCUT2D eigenvalue weighted by Gasteiger charge is 2.26. The molecule has 1 aromatic heterocycles. The second-order valence-electron chi connectivity index (χ2n) is 6.30. The topological polar surface area (TPSA) is 115 Å². The van der Waals surface area contributed by atoms with Crippen molar-refractivity contribution in [2.45, 2.75) is 10.9 Å². The summed E-state index contributed by atoms with van der Waals surface area (Å²) in [6.45, 7) is 1.93. The van der Waals surface area contributed by atoms with E-state index in [-0.39, 0.29) is 28.8 Å². The van der Waals surface area contributed by atoms with Gasteiger partial charge in [-0.05, 0) is 24.3 Å². The lowest BCUT2D eigenvalue weighted by Gasteiger charge is -2.33. The Balaban J connectivity index is 1.80. The first kappa shape index (κ1) is 20.7. The Morgan fingerprint density at radius 1 is 1.36 bits per heavy atom. The number of nitrogens with one attached hydrogen (secondary N) is 1. The van der Waals surface area contributed by atoms with Gasteiger partial charge in [-0.15, -0.1) is 0 Å². The zero-order valence-electron chi connectivity index (χ0n) is 15.5. The van der Waals surface area contributed by atoms with Crippen LogP contribution in [0.4, 0.5) is 0 Å². The van der Waals surface area contributed by atoms with Crippen molar-refractivity contribution in [2.24, 2.45) is 5.73 Å². The number of primary amides is 1. The molecule has 1 aromatic carbocycles. The minimum absolute atomic E-state index is 0.0183. The molecule has 0 bridgehead atoms. The second kappa shape index (κ2) is 8.99. The minimum atomic E-state index is -3.84. The number of furan rings is 1. The van der Waals surface area contributed by atoms with E-state index in [0.717, 1.165) is 30.2 Å². The molecule has 0 spiro atoms.